The molecule has 1 aliphatic rings. The van der Waals surface area contributed by atoms with E-state index in [1.807, 2.05) is 0 Å². The molecule has 1 unspecified atom stereocenters. The molecule has 1 fully saturated rings. The van der Waals surface area contributed by atoms with Gasteiger partial charge in [0.25, 0.3) is 0 Å². The molecule has 0 bridgehead atoms. The van der Waals surface area contributed by atoms with Crippen LogP contribution in [0.5, 0.6) is 5.75 Å². The summed E-state index contributed by atoms with van der Waals surface area (Å²) in [6, 6.07) is 2.30. The molecule has 106 valence electrons. The van der Waals surface area contributed by atoms with Gasteiger partial charge in [0.05, 0.1) is 10.2 Å². The van der Waals surface area contributed by atoms with Gasteiger partial charge < -0.3 is 9.47 Å². The average molecular weight is 316 g/mol. The molecule has 0 N–H and O–H groups in total. The summed E-state index contributed by atoms with van der Waals surface area (Å²) in [6.07, 6.45) is 0.905. The Kier molecular flexibility index (Phi) is 4.70. The fourth-order valence-electron chi connectivity index (χ4n) is 1.43. The topological polar surface area (TPSA) is 47.9 Å². The number of esters is 1. The van der Waals surface area contributed by atoms with E-state index in [1.54, 1.807) is 0 Å². The Hall–Kier alpha value is -1.49. The predicted molar refractivity (Wildman–Crippen MR) is 75.3 cm³/mol. The van der Waals surface area contributed by atoms with E-state index in [2.05, 4.69) is 22.4 Å². The molecule has 20 heavy (non-hydrogen) atoms. The number of aliphatic imine (C=N–C) groups is 1. The van der Waals surface area contributed by atoms with Gasteiger partial charge in [-0.25, -0.2) is 9.18 Å². The number of rotatable bonds is 5. The Morgan fingerprint density at radius 2 is 2.30 bits per heavy atom. The Bertz CT molecular complexity index is 585. The van der Waals surface area contributed by atoms with Crippen LogP contribution in [-0.4, -0.2) is 23.3 Å². The summed E-state index contributed by atoms with van der Waals surface area (Å²) in [5, 5.41) is 2.10. The zero-order valence-corrected chi connectivity index (χ0v) is 12.1. The smallest absolute Gasteiger partial charge is 0.347 e. The lowest BCUT2D eigenvalue weighted by atomic mass is 10.3. The molecule has 1 aromatic carbocycles. The number of hydrogen-bond donors (Lipinski definition) is 0. The lowest BCUT2D eigenvalue weighted by Crippen LogP contribution is -2.26. The standard InChI is InChI=1S/C13H11ClFNO3S/c1-7(13(17)19-8-2-3-8)18-12-5-11(16-6-20)10(15)4-9(12)14/h4-5,7-8H,2-3H2,1H3. The molecule has 1 atom stereocenters. The van der Waals surface area contributed by atoms with Gasteiger partial charge in [-0.15, -0.1) is 0 Å². The monoisotopic (exact) mass is 315 g/mol. The summed E-state index contributed by atoms with van der Waals surface area (Å²) < 4.78 is 24.0. The normalized spacial score (nSPS) is 15.2. The van der Waals surface area contributed by atoms with Gasteiger partial charge in [-0.1, -0.05) is 11.6 Å². The number of hydrogen-bond acceptors (Lipinski definition) is 5. The lowest BCUT2D eigenvalue weighted by molar-refractivity contribution is -0.152. The summed E-state index contributed by atoms with van der Waals surface area (Å²) >= 11 is 10.3. The molecule has 1 aromatic rings. The molecule has 0 aliphatic heterocycles. The van der Waals surface area contributed by atoms with Gasteiger partial charge in [0.2, 0.25) is 0 Å². The zero-order valence-electron chi connectivity index (χ0n) is 10.6. The molecule has 1 saturated carbocycles. The van der Waals surface area contributed by atoms with E-state index < -0.39 is 17.9 Å². The first kappa shape index (κ1) is 14.9. The van der Waals surface area contributed by atoms with Gasteiger partial charge in [-0.05, 0) is 38.0 Å². The maximum absolute atomic E-state index is 13.5. The number of carbonyl (C=O) groups excluding carboxylic acids is 1. The summed E-state index contributed by atoms with van der Waals surface area (Å²) in [7, 11) is 0. The van der Waals surface area contributed by atoms with Crippen molar-refractivity contribution in [1.29, 1.82) is 0 Å². The Labute approximate surface area is 125 Å². The van der Waals surface area contributed by atoms with Crippen molar-refractivity contribution >= 4 is 40.6 Å². The Morgan fingerprint density at radius 3 is 2.90 bits per heavy atom. The summed E-state index contributed by atoms with van der Waals surface area (Å²) in [6.45, 7) is 1.53. The van der Waals surface area contributed by atoms with Crippen LogP contribution in [0.4, 0.5) is 10.1 Å². The first-order valence-electron chi connectivity index (χ1n) is 5.95. The Balaban J connectivity index is 2.12. The van der Waals surface area contributed by atoms with E-state index >= 15 is 0 Å². The quantitative estimate of drug-likeness (QED) is 0.472. The van der Waals surface area contributed by atoms with Crippen LogP contribution < -0.4 is 4.74 Å². The number of thiocarbonyl (C=S) groups is 1. The maximum atomic E-state index is 13.5. The second-order valence-corrected chi connectivity index (χ2v) is 4.92. The molecule has 4 nitrogen and oxygen atoms in total. The second-order valence-electron chi connectivity index (χ2n) is 4.33. The molecule has 0 spiro atoms. The molecule has 2 rings (SSSR count). The molecule has 1 aliphatic carbocycles. The SMILES string of the molecule is CC(Oc1cc(N=C=S)c(F)cc1Cl)C(=O)OC1CC1. The van der Waals surface area contributed by atoms with Crippen molar-refractivity contribution in [2.75, 3.05) is 0 Å². The van der Waals surface area contributed by atoms with Crippen molar-refractivity contribution in [2.45, 2.75) is 32.0 Å². The average Bonchev–Trinajstić information content (AvgIpc) is 3.19. The lowest BCUT2D eigenvalue weighted by Gasteiger charge is -2.15. The van der Waals surface area contributed by atoms with Crippen LogP contribution in [0, 0.1) is 5.82 Å². The van der Waals surface area contributed by atoms with Crippen molar-refractivity contribution in [1.82, 2.24) is 0 Å². The van der Waals surface area contributed by atoms with Crippen molar-refractivity contribution in [3.05, 3.63) is 23.0 Å². The molecule has 0 heterocycles. The fourth-order valence-corrected chi connectivity index (χ4v) is 1.72. The molecular formula is C13H11ClFNO3S. The van der Waals surface area contributed by atoms with Crippen LogP contribution in [-0.2, 0) is 9.53 Å². The molecule has 7 heteroatoms. The Morgan fingerprint density at radius 1 is 1.60 bits per heavy atom. The minimum Gasteiger partial charge on any atom is -0.477 e. The number of halogens is 2. The predicted octanol–water partition coefficient (Wildman–Crippen LogP) is 3.69. The second kappa shape index (κ2) is 6.31. The van der Waals surface area contributed by atoms with Gasteiger partial charge in [-0.3, -0.25) is 0 Å². The van der Waals surface area contributed by atoms with E-state index in [9.17, 15) is 9.18 Å². The molecule has 0 amide bonds. The number of nitrogens with zero attached hydrogens (tertiary/aromatic N) is 1. The highest BCUT2D eigenvalue weighted by atomic mass is 35.5. The van der Waals surface area contributed by atoms with Crippen molar-refractivity contribution < 1.29 is 18.7 Å². The summed E-state index contributed by atoms with van der Waals surface area (Å²) in [5.74, 6) is -0.988. The molecule has 0 aromatic heterocycles. The van der Waals surface area contributed by atoms with Crippen molar-refractivity contribution in [3.63, 3.8) is 0 Å². The van der Waals surface area contributed by atoms with Gasteiger partial charge in [-0.2, -0.15) is 4.99 Å². The van der Waals surface area contributed by atoms with E-state index in [0.29, 0.717) is 0 Å². The number of isothiocyanates is 1. The number of carbonyl (C=O) groups is 1. The fraction of sp³-hybridized carbons (Fsp3) is 0.385. The first-order valence-corrected chi connectivity index (χ1v) is 6.74. The highest BCUT2D eigenvalue weighted by Crippen LogP contribution is 2.33. The summed E-state index contributed by atoms with van der Waals surface area (Å²) in [5.41, 5.74) is -0.0536. The van der Waals surface area contributed by atoms with Crippen molar-refractivity contribution in [2.24, 2.45) is 4.99 Å². The molecule has 0 saturated heterocycles. The maximum Gasteiger partial charge on any atom is 0.347 e. The van der Waals surface area contributed by atoms with E-state index in [4.69, 9.17) is 21.1 Å². The van der Waals surface area contributed by atoms with E-state index in [1.165, 1.54) is 13.0 Å². The van der Waals surface area contributed by atoms with Crippen LogP contribution >= 0.6 is 23.8 Å². The van der Waals surface area contributed by atoms with E-state index in [-0.39, 0.29) is 22.6 Å². The highest BCUT2D eigenvalue weighted by Gasteiger charge is 2.29. The van der Waals surface area contributed by atoms with Crippen LogP contribution in [0.2, 0.25) is 5.02 Å². The zero-order chi connectivity index (χ0) is 14.7. The van der Waals surface area contributed by atoms with Crippen LogP contribution in [0.3, 0.4) is 0 Å². The first-order chi connectivity index (χ1) is 9.51. The third-order valence-electron chi connectivity index (χ3n) is 2.61. The van der Waals surface area contributed by atoms with E-state index in [0.717, 1.165) is 18.9 Å². The largest absolute Gasteiger partial charge is 0.477 e. The summed E-state index contributed by atoms with van der Waals surface area (Å²) in [4.78, 5) is 15.2. The van der Waals surface area contributed by atoms with Gasteiger partial charge in [0, 0.05) is 6.07 Å². The third kappa shape index (κ3) is 3.76. The minimum absolute atomic E-state index is 0.00721. The minimum atomic E-state index is -0.845. The van der Waals surface area contributed by atoms with Gasteiger partial charge in [0.15, 0.2) is 11.9 Å². The highest BCUT2D eigenvalue weighted by molar-refractivity contribution is 7.78. The number of benzene rings is 1. The van der Waals surface area contributed by atoms with Crippen molar-refractivity contribution in [3.8, 4) is 5.75 Å². The third-order valence-corrected chi connectivity index (χ3v) is 3.00. The molecular weight excluding hydrogens is 305 g/mol. The number of ether oxygens (including phenoxy) is 2. The van der Waals surface area contributed by atoms with Gasteiger partial charge in [0.1, 0.15) is 17.5 Å². The van der Waals surface area contributed by atoms with Gasteiger partial charge >= 0.3 is 5.97 Å². The van der Waals surface area contributed by atoms with Crippen LogP contribution in [0.25, 0.3) is 0 Å². The van der Waals surface area contributed by atoms with Crippen LogP contribution in [0.1, 0.15) is 19.8 Å². The molecule has 0 radical (unpaired) electrons. The van der Waals surface area contributed by atoms with Crippen LogP contribution in [0.15, 0.2) is 17.1 Å².